The van der Waals surface area contributed by atoms with Crippen LogP contribution in [0.5, 0.6) is 0 Å². The second kappa shape index (κ2) is 8.09. The van der Waals surface area contributed by atoms with Gasteiger partial charge < -0.3 is 9.05 Å². The molecule has 0 rings (SSSR count). The Hall–Kier alpha value is -0.110. The highest BCUT2D eigenvalue weighted by Gasteiger charge is 2.21. The van der Waals surface area contributed by atoms with Crippen molar-refractivity contribution >= 4 is 7.60 Å². The smallest absolute Gasteiger partial charge is 0.309 e. The summed E-state index contributed by atoms with van der Waals surface area (Å²) in [5.74, 6) is 0. The minimum Gasteiger partial charge on any atom is -0.309 e. The first-order valence-electron chi connectivity index (χ1n) is 5.61. The standard InChI is InChI=1S/C11H23O3P/c1-5-8-11(4)9-10-15(12,13-6-2)14-7-3/h9H,5-8,10H2,1-4H3. The van der Waals surface area contributed by atoms with Crippen LogP contribution in [0.2, 0.25) is 0 Å². The number of hydrogen-bond acceptors (Lipinski definition) is 3. The van der Waals surface area contributed by atoms with E-state index in [1.807, 2.05) is 26.8 Å². The van der Waals surface area contributed by atoms with Crippen molar-refractivity contribution < 1.29 is 13.6 Å². The van der Waals surface area contributed by atoms with Crippen molar-refractivity contribution in [1.82, 2.24) is 0 Å². The third-order valence-electron chi connectivity index (χ3n) is 1.96. The van der Waals surface area contributed by atoms with E-state index in [-0.39, 0.29) is 0 Å². The van der Waals surface area contributed by atoms with Crippen molar-refractivity contribution in [2.75, 3.05) is 19.4 Å². The van der Waals surface area contributed by atoms with Gasteiger partial charge in [0.15, 0.2) is 0 Å². The molecule has 0 heterocycles. The van der Waals surface area contributed by atoms with Crippen molar-refractivity contribution in [2.24, 2.45) is 0 Å². The van der Waals surface area contributed by atoms with Crippen molar-refractivity contribution in [3.63, 3.8) is 0 Å². The zero-order chi connectivity index (χ0) is 11.7. The Morgan fingerprint density at radius 1 is 1.20 bits per heavy atom. The first-order valence-corrected chi connectivity index (χ1v) is 7.34. The largest absolute Gasteiger partial charge is 0.334 e. The lowest BCUT2D eigenvalue weighted by molar-refractivity contribution is 0.222. The van der Waals surface area contributed by atoms with E-state index < -0.39 is 7.60 Å². The van der Waals surface area contributed by atoms with E-state index in [0.29, 0.717) is 19.4 Å². The van der Waals surface area contributed by atoms with Crippen LogP contribution in [0, 0.1) is 0 Å². The molecule has 0 spiro atoms. The summed E-state index contributed by atoms with van der Waals surface area (Å²) in [7, 11) is -2.87. The Balaban J connectivity index is 4.28. The molecule has 0 aromatic carbocycles. The minimum atomic E-state index is -2.87. The van der Waals surface area contributed by atoms with Gasteiger partial charge in [0.1, 0.15) is 0 Å². The molecule has 0 aromatic rings. The van der Waals surface area contributed by atoms with Crippen LogP contribution in [0.15, 0.2) is 11.6 Å². The fourth-order valence-electron chi connectivity index (χ4n) is 1.30. The zero-order valence-corrected chi connectivity index (χ0v) is 11.2. The summed E-state index contributed by atoms with van der Waals surface area (Å²) in [4.78, 5) is 0. The van der Waals surface area contributed by atoms with Crippen LogP contribution in [-0.2, 0) is 13.6 Å². The van der Waals surface area contributed by atoms with Gasteiger partial charge in [-0.3, -0.25) is 4.57 Å². The van der Waals surface area contributed by atoms with Crippen LogP contribution in [-0.4, -0.2) is 19.4 Å². The molecule has 0 amide bonds. The summed E-state index contributed by atoms with van der Waals surface area (Å²) in [5, 5.41) is 0. The van der Waals surface area contributed by atoms with Crippen molar-refractivity contribution in [3.05, 3.63) is 11.6 Å². The molecule has 0 N–H and O–H groups in total. The molecule has 0 aliphatic carbocycles. The molecule has 0 aromatic heterocycles. The molecule has 0 saturated carbocycles. The minimum absolute atomic E-state index is 0.389. The molecule has 0 aliphatic rings. The number of allylic oxidation sites excluding steroid dienone is 2. The van der Waals surface area contributed by atoms with E-state index in [2.05, 4.69) is 6.92 Å². The van der Waals surface area contributed by atoms with Gasteiger partial charge in [-0.15, -0.1) is 0 Å². The van der Waals surface area contributed by atoms with Gasteiger partial charge in [0.05, 0.1) is 19.4 Å². The highest BCUT2D eigenvalue weighted by Crippen LogP contribution is 2.48. The molecular weight excluding hydrogens is 211 g/mol. The Labute approximate surface area is 93.4 Å². The third kappa shape index (κ3) is 6.88. The van der Waals surface area contributed by atoms with E-state index in [0.717, 1.165) is 12.8 Å². The molecule has 0 atom stereocenters. The average Bonchev–Trinajstić information content (AvgIpc) is 2.16. The van der Waals surface area contributed by atoms with Crippen LogP contribution in [0.3, 0.4) is 0 Å². The fourth-order valence-corrected chi connectivity index (χ4v) is 2.91. The van der Waals surface area contributed by atoms with Crippen LogP contribution >= 0.6 is 7.60 Å². The summed E-state index contributed by atoms with van der Waals surface area (Å²) < 4.78 is 22.4. The van der Waals surface area contributed by atoms with Crippen LogP contribution in [0.1, 0.15) is 40.5 Å². The Kier molecular flexibility index (Phi) is 8.03. The predicted molar refractivity (Wildman–Crippen MR) is 64.4 cm³/mol. The van der Waals surface area contributed by atoms with Gasteiger partial charge in [-0.2, -0.15) is 0 Å². The number of hydrogen-bond donors (Lipinski definition) is 0. The average molecular weight is 234 g/mol. The van der Waals surface area contributed by atoms with E-state index >= 15 is 0 Å². The zero-order valence-electron chi connectivity index (χ0n) is 10.3. The van der Waals surface area contributed by atoms with Crippen LogP contribution < -0.4 is 0 Å². The van der Waals surface area contributed by atoms with E-state index in [1.165, 1.54) is 5.57 Å². The predicted octanol–water partition coefficient (Wildman–Crippen LogP) is 4.00. The third-order valence-corrected chi connectivity index (χ3v) is 3.89. The summed E-state index contributed by atoms with van der Waals surface area (Å²) >= 11 is 0. The van der Waals surface area contributed by atoms with Crippen molar-refractivity contribution in [1.29, 1.82) is 0 Å². The van der Waals surface area contributed by atoms with E-state index in [9.17, 15) is 4.57 Å². The lowest BCUT2D eigenvalue weighted by Crippen LogP contribution is -1.98. The molecule has 0 unspecified atom stereocenters. The Morgan fingerprint density at radius 3 is 2.13 bits per heavy atom. The monoisotopic (exact) mass is 234 g/mol. The summed E-state index contributed by atoms with van der Waals surface area (Å²) in [6.45, 7) is 8.69. The highest BCUT2D eigenvalue weighted by molar-refractivity contribution is 7.54. The van der Waals surface area contributed by atoms with Crippen LogP contribution in [0.25, 0.3) is 0 Å². The van der Waals surface area contributed by atoms with E-state index in [4.69, 9.17) is 9.05 Å². The van der Waals surface area contributed by atoms with Gasteiger partial charge in [-0.1, -0.05) is 25.0 Å². The van der Waals surface area contributed by atoms with Crippen LogP contribution in [0.4, 0.5) is 0 Å². The quantitative estimate of drug-likeness (QED) is 0.470. The summed E-state index contributed by atoms with van der Waals surface area (Å²) in [6.07, 6.45) is 4.50. The number of rotatable bonds is 8. The maximum atomic E-state index is 12.0. The van der Waals surface area contributed by atoms with Crippen molar-refractivity contribution in [3.8, 4) is 0 Å². The molecule has 0 saturated heterocycles. The highest BCUT2D eigenvalue weighted by atomic mass is 31.2. The van der Waals surface area contributed by atoms with Gasteiger partial charge in [-0.05, 0) is 27.2 Å². The Bertz CT molecular complexity index is 226. The molecule has 0 aliphatic heterocycles. The first-order chi connectivity index (χ1) is 7.08. The molecule has 90 valence electrons. The van der Waals surface area contributed by atoms with Gasteiger partial charge in [0, 0.05) is 0 Å². The topological polar surface area (TPSA) is 35.5 Å². The molecule has 4 heteroatoms. The lowest BCUT2D eigenvalue weighted by Gasteiger charge is -2.15. The fraction of sp³-hybridized carbons (Fsp3) is 0.818. The SMILES string of the molecule is CCCC(C)=CCP(=O)(OCC)OCC. The molecule has 0 radical (unpaired) electrons. The van der Waals surface area contributed by atoms with Gasteiger partial charge in [0.25, 0.3) is 0 Å². The maximum Gasteiger partial charge on any atom is 0.334 e. The molecule has 0 fully saturated rings. The summed E-state index contributed by atoms with van der Waals surface area (Å²) in [6, 6.07) is 0. The lowest BCUT2D eigenvalue weighted by atomic mass is 10.2. The normalized spacial score (nSPS) is 13.2. The molecular formula is C11H23O3P. The van der Waals surface area contributed by atoms with Gasteiger partial charge in [0.2, 0.25) is 0 Å². The molecule has 3 nitrogen and oxygen atoms in total. The second-order valence-corrected chi connectivity index (χ2v) is 5.53. The van der Waals surface area contributed by atoms with E-state index in [1.54, 1.807) is 0 Å². The molecule has 0 bridgehead atoms. The molecule has 15 heavy (non-hydrogen) atoms. The Morgan fingerprint density at radius 2 is 1.73 bits per heavy atom. The summed E-state index contributed by atoms with van der Waals surface area (Å²) in [5.41, 5.74) is 1.25. The maximum absolute atomic E-state index is 12.0. The van der Waals surface area contributed by atoms with Gasteiger partial charge in [-0.25, -0.2) is 0 Å². The van der Waals surface area contributed by atoms with Gasteiger partial charge >= 0.3 is 7.60 Å². The second-order valence-electron chi connectivity index (χ2n) is 3.43. The first kappa shape index (κ1) is 14.9. The van der Waals surface area contributed by atoms with Crippen molar-refractivity contribution in [2.45, 2.75) is 40.5 Å².